The van der Waals surface area contributed by atoms with Gasteiger partial charge in [0, 0.05) is 24.5 Å². The number of amides is 1. The van der Waals surface area contributed by atoms with E-state index in [0.29, 0.717) is 25.3 Å². The van der Waals surface area contributed by atoms with Crippen LogP contribution in [0.5, 0.6) is 0 Å². The molecule has 5 nitrogen and oxygen atoms in total. The van der Waals surface area contributed by atoms with Crippen LogP contribution in [0, 0.1) is 0 Å². The minimum atomic E-state index is 0.0637. The van der Waals surface area contributed by atoms with Gasteiger partial charge < -0.3 is 14.6 Å². The van der Waals surface area contributed by atoms with Crippen molar-refractivity contribution in [3.63, 3.8) is 0 Å². The van der Waals surface area contributed by atoms with E-state index in [2.05, 4.69) is 16.9 Å². The van der Waals surface area contributed by atoms with Crippen LogP contribution in [0.25, 0.3) is 11.4 Å². The number of carbonyl (C=O) groups is 1. The minimum absolute atomic E-state index is 0.0637. The van der Waals surface area contributed by atoms with E-state index >= 15 is 0 Å². The Morgan fingerprint density at radius 3 is 3.09 bits per heavy atom. The highest BCUT2D eigenvalue weighted by Gasteiger charge is 2.28. The number of imidazole rings is 1. The summed E-state index contributed by atoms with van der Waals surface area (Å²) in [6.07, 6.45) is 5.47. The maximum atomic E-state index is 13.0. The van der Waals surface area contributed by atoms with Gasteiger partial charge in [0.2, 0.25) is 0 Å². The van der Waals surface area contributed by atoms with E-state index in [9.17, 15) is 4.79 Å². The summed E-state index contributed by atoms with van der Waals surface area (Å²) in [6.45, 7) is 4.02. The van der Waals surface area contributed by atoms with Gasteiger partial charge in [0.1, 0.15) is 5.82 Å². The molecule has 5 heteroatoms. The van der Waals surface area contributed by atoms with Gasteiger partial charge in [-0.15, -0.1) is 0 Å². The Balaban J connectivity index is 1.91. The first kappa shape index (κ1) is 14.8. The van der Waals surface area contributed by atoms with Crippen LogP contribution >= 0.6 is 0 Å². The molecule has 1 aromatic carbocycles. The number of H-pyrrole nitrogens is 1. The second-order valence-corrected chi connectivity index (χ2v) is 5.50. The number of hydrogen-bond acceptors (Lipinski definition) is 3. The number of ether oxygens (including phenoxy) is 1. The summed E-state index contributed by atoms with van der Waals surface area (Å²) in [6, 6.07) is 7.79. The second-order valence-electron chi connectivity index (χ2n) is 5.50. The fourth-order valence-electron chi connectivity index (χ4n) is 2.94. The van der Waals surface area contributed by atoms with Crippen LogP contribution < -0.4 is 0 Å². The number of benzene rings is 1. The van der Waals surface area contributed by atoms with Crippen LogP contribution in [0.15, 0.2) is 36.7 Å². The average molecular weight is 299 g/mol. The van der Waals surface area contributed by atoms with Crippen molar-refractivity contribution < 1.29 is 9.53 Å². The van der Waals surface area contributed by atoms with E-state index in [1.807, 2.05) is 29.2 Å². The highest BCUT2D eigenvalue weighted by molar-refractivity contribution is 6.00. The van der Waals surface area contributed by atoms with Gasteiger partial charge in [-0.1, -0.05) is 31.5 Å². The van der Waals surface area contributed by atoms with E-state index in [0.717, 1.165) is 24.2 Å². The first-order valence-electron chi connectivity index (χ1n) is 7.78. The number of morpholine rings is 1. The molecule has 1 saturated heterocycles. The molecular formula is C17H21N3O2. The van der Waals surface area contributed by atoms with Gasteiger partial charge >= 0.3 is 0 Å². The first-order chi connectivity index (χ1) is 10.8. The van der Waals surface area contributed by atoms with E-state index < -0.39 is 0 Å². The number of aromatic nitrogens is 2. The fraction of sp³-hybridized carbons (Fsp3) is 0.412. The van der Waals surface area contributed by atoms with Crippen molar-refractivity contribution >= 4 is 5.91 Å². The summed E-state index contributed by atoms with van der Waals surface area (Å²) in [7, 11) is 0. The van der Waals surface area contributed by atoms with Crippen LogP contribution in [-0.4, -0.2) is 46.6 Å². The van der Waals surface area contributed by atoms with Gasteiger partial charge in [-0.2, -0.15) is 0 Å². The van der Waals surface area contributed by atoms with Crippen molar-refractivity contribution in [2.45, 2.75) is 25.8 Å². The third kappa shape index (κ3) is 2.90. The molecule has 1 fully saturated rings. The number of hydrogen-bond donors (Lipinski definition) is 1. The Hall–Kier alpha value is -2.14. The lowest BCUT2D eigenvalue weighted by Gasteiger charge is -2.36. The number of aromatic amines is 1. The fourth-order valence-corrected chi connectivity index (χ4v) is 2.94. The number of nitrogens with one attached hydrogen (secondary N) is 1. The zero-order valence-corrected chi connectivity index (χ0v) is 12.8. The lowest BCUT2D eigenvalue weighted by molar-refractivity contribution is -0.00429. The van der Waals surface area contributed by atoms with Crippen molar-refractivity contribution in [3.05, 3.63) is 42.2 Å². The molecule has 116 valence electrons. The normalized spacial score (nSPS) is 18.4. The van der Waals surface area contributed by atoms with Crippen LogP contribution in [-0.2, 0) is 4.74 Å². The molecule has 3 rings (SSSR count). The van der Waals surface area contributed by atoms with E-state index in [4.69, 9.17) is 4.74 Å². The highest BCUT2D eigenvalue weighted by Crippen LogP contribution is 2.24. The molecule has 2 aromatic rings. The highest BCUT2D eigenvalue weighted by atomic mass is 16.5. The molecular weight excluding hydrogens is 278 g/mol. The Kier molecular flexibility index (Phi) is 4.53. The van der Waals surface area contributed by atoms with Crippen LogP contribution in [0.3, 0.4) is 0 Å². The van der Waals surface area contributed by atoms with E-state index in [1.165, 1.54) is 0 Å². The molecule has 22 heavy (non-hydrogen) atoms. The Labute approximate surface area is 130 Å². The molecule has 0 spiro atoms. The smallest absolute Gasteiger partial charge is 0.255 e. The van der Waals surface area contributed by atoms with Gasteiger partial charge in [0.25, 0.3) is 5.91 Å². The molecule has 0 saturated carbocycles. The largest absolute Gasteiger partial charge is 0.377 e. The van der Waals surface area contributed by atoms with Crippen LogP contribution in [0.2, 0.25) is 0 Å². The summed E-state index contributed by atoms with van der Waals surface area (Å²) >= 11 is 0. The molecule has 1 atom stereocenters. The van der Waals surface area contributed by atoms with Gasteiger partial charge in [0.05, 0.1) is 24.8 Å². The second kappa shape index (κ2) is 6.75. The minimum Gasteiger partial charge on any atom is -0.377 e. The lowest BCUT2D eigenvalue weighted by Crippen LogP contribution is -2.48. The average Bonchev–Trinajstić information content (AvgIpc) is 3.09. The summed E-state index contributed by atoms with van der Waals surface area (Å²) in [5.74, 6) is 0.790. The molecule has 1 N–H and O–H groups in total. The Morgan fingerprint density at radius 1 is 1.45 bits per heavy atom. The van der Waals surface area contributed by atoms with Gasteiger partial charge in [-0.3, -0.25) is 4.79 Å². The van der Waals surface area contributed by atoms with Crippen LogP contribution in [0.4, 0.5) is 0 Å². The molecule has 0 bridgehead atoms. The maximum Gasteiger partial charge on any atom is 0.255 e. The molecule has 2 heterocycles. The first-order valence-corrected chi connectivity index (χ1v) is 7.78. The van der Waals surface area contributed by atoms with E-state index in [1.54, 1.807) is 12.4 Å². The predicted molar refractivity (Wildman–Crippen MR) is 84.6 cm³/mol. The standard InChI is InChI=1S/C17H21N3O2/c1-2-5-13-12-22-11-10-20(13)17(21)15-7-4-3-6-14(15)16-18-8-9-19-16/h3-4,6-9,13H,2,5,10-12H2,1H3,(H,18,19). The third-order valence-corrected chi connectivity index (χ3v) is 4.02. The Bertz CT molecular complexity index is 623. The van der Waals surface area contributed by atoms with Gasteiger partial charge in [0.15, 0.2) is 0 Å². The van der Waals surface area contributed by atoms with Gasteiger partial charge in [-0.25, -0.2) is 4.98 Å². The maximum absolute atomic E-state index is 13.0. The monoisotopic (exact) mass is 299 g/mol. The van der Waals surface area contributed by atoms with Crippen molar-refractivity contribution in [2.75, 3.05) is 19.8 Å². The third-order valence-electron chi connectivity index (χ3n) is 4.02. The number of rotatable bonds is 4. The molecule has 1 aliphatic heterocycles. The van der Waals surface area contributed by atoms with Crippen molar-refractivity contribution in [2.24, 2.45) is 0 Å². The molecule has 1 amide bonds. The van der Waals surface area contributed by atoms with Crippen molar-refractivity contribution in [3.8, 4) is 11.4 Å². The summed E-state index contributed by atoms with van der Waals surface area (Å²) in [4.78, 5) is 22.3. The zero-order valence-electron chi connectivity index (χ0n) is 12.8. The zero-order chi connectivity index (χ0) is 15.4. The van der Waals surface area contributed by atoms with Crippen molar-refractivity contribution in [1.29, 1.82) is 0 Å². The SMILES string of the molecule is CCCC1COCCN1C(=O)c1ccccc1-c1ncc[nH]1. The van der Waals surface area contributed by atoms with Crippen molar-refractivity contribution in [1.82, 2.24) is 14.9 Å². The molecule has 1 aromatic heterocycles. The summed E-state index contributed by atoms with van der Waals surface area (Å²) < 4.78 is 5.54. The summed E-state index contributed by atoms with van der Waals surface area (Å²) in [5, 5.41) is 0. The van der Waals surface area contributed by atoms with Gasteiger partial charge in [-0.05, 0) is 12.5 Å². The summed E-state index contributed by atoms with van der Waals surface area (Å²) in [5.41, 5.74) is 1.54. The molecule has 0 aliphatic carbocycles. The topological polar surface area (TPSA) is 58.2 Å². The molecule has 1 aliphatic rings. The van der Waals surface area contributed by atoms with E-state index in [-0.39, 0.29) is 11.9 Å². The number of carbonyl (C=O) groups excluding carboxylic acids is 1. The lowest BCUT2D eigenvalue weighted by atomic mass is 10.0. The quantitative estimate of drug-likeness (QED) is 0.944. The Morgan fingerprint density at radius 2 is 2.32 bits per heavy atom. The van der Waals surface area contributed by atoms with Crippen LogP contribution in [0.1, 0.15) is 30.1 Å². The molecule has 0 radical (unpaired) electrons. The molecule has 1 unspecified atom stereocenters. The number of nitrogens with zero attached hydrogens (tertiary/aromatic N) is 2. The predicted octanol–water partition coefficient (Wildman–Crippen LogP) is 2.72.